The highest BCUT2D eigenvalue weighted by Crippen LogP contribution is 2.40. The predicted molar refractivity (Wildman–Crippen MR) is 75.7 cm³/mol. The van der Waals surface area contributed by atoms with Crippen LogP contribution in [0.3, 0.4) is 0 Å². The van der Waals surface area contributed by atoms with E-state index in [4.69, 9.17) is 0 Å². The van der Waals surface area contributed by atoms with Gasteiger partial charge < -0.3 is 10.4 Å². The van der Waals surface area contributed by atoms with Crippen molar-refractivity contribution >= 4 is 0 Å². The van der Waals surface area contributed by atoms with E-state index in [0.29, 0.717) is 18.5 Å². The molecule has 2 heteroatoms. The second-order valence-corrected chi connectivity index (χ2v) is 6.02. The molecule has 1 unspecified atom stereocenters. The summed E-state index contributed by atoms with van der Waals surface area (Å²) in [5.41, 5.74) is 1.67. The summed E-state index contributed by atoms with van der Waals surface area (Å²) in [5, 5.41) is 14.1. The number of hydrogen-bond donors (Lipinski definition) is 2. The van der Waals surface area contributed by atoms with E-state index in [1.807, 2.05) is 13.0 Å². The van der Waals surface area contributed by atoms with Crippen LogP contribution in [0.1, 0.15) is 57.1 Å². The van der Waals surface area contributed by atoms with Crippen LogP contribution in [0.4, 0.5) is 0 Å². The van der Waals surface area contributed by atoms with Crippen LogP contribution in [0.5, 0.6) is 0 Å². The van der Waals surface area contributed by atoms with E-state index in [9.17, 15) is 5.11 Å². The molecule has 1 aliphatic carbocycles. The zero-order valence-corrected chi connectivity index (χ0v) is 11.7. The van der Waals surface area contributed by atoms with Crippen LogP contribution in [0.2, 0.25) is 0 Å². The van der Waals surface area contributed by atoms with Crippen LogP contribution in [0.15, 0.2) is 24.3 Å². The lowest BCUT2D eigenvalue weighted by molar-refractivity contribution is 0.0532. The molecule has 0 spiro atoms. The summed E-state index contributed by atoms with van der Waals surface area (Å²) in [6.45, 7) is 6.73. The van der Waals surface area contributed by atoms with E-state index in [-0.39, 0.29) is 0 Å². The Hall–Kier alpha value is -0.860. The summed E-state index contributed by atoms with van der Waals surface area (Å²) in [6.07, 6.45) is 3.86. The quantitative estimate of drug-likeness (QED) is 0.837. The Bertz CT molecular complexity index is 394. The zero-order valence-electron chi connectivity index (χ0n) is 11.7. The SMILES string of the molecule is CC(C)NCC(C)(O)c1ccccc1C1CCC1. The molecule has 1 aromatic carbocycles. The second-order valence-electron chi connectivity index (χ2n) is 6.02. The highest BCUT2D eigenvalue weighted by Gasteiger charge is 2.30. The standard InChI is InChI=1S/C16H25NO/c1-12(2)17-11-16(3,18)15-10-5-4-9-14(15)13-7-6-8-13/h4-5,9-10,12-13,17-18H,6-8,11H2,1-3H3. The average Bonchev–Trinajstić information content (AvgIpc) is 2.25. The van der Waals surface area contributed by atoms with E-state index in [2.05, 4.69) is 37.4 Å². The zero-order chi connectivity index (χ0) is 13.2. The Kier molecular flexibility index (Phi) is 4.08. The van der Waals surface area contributed by atoms with Crippen LogP contribution < -0.4 is 5.32 Å². The van der Waals surface area contributed by atoms with Gasteiger partial charge in [0, 0.05) is 12.6 Å². The minimum Gasteiger partial charge on any atom is -0.384 e. The summed E-state index contributed by atoms with van der Waals surface area (Å²) in [4.78, 5) is 0. The molecule has 1 fully saturated rings. The molecule has 2 rings (SSSR count). The van der Waals surface area contributed by atoms with Crippen LogP contribution in [-0.2, 0) is 5.60 Å². The van der Waals surface area contributed by atoms with Gasteiger partial charge in [-0.05, 0) is 36.8 Å². The van der Waals surface area contributed by atoms with Crippen molar-refractivity contribution < 1.29 is 5.11 Å². The van der Waals surface area contributed by atoms with Crippen LogP contribution in [0, 0.1) is 0 Å². The Labute approximate surface area is 110 Å². The van der Waals surface area contributed by atoms with Crippen molar-refractivity contribution in [2.24, 2.45) is 0 Å². The summed E-state index contributed by atoms with van der Waals surface area (Å²) < 4.78 is 0. The first-order chi connectivity index (χ1) is 8.50. The van der Waals surface area contributed by atoms with Crippen LogP contribution in [-0.4, -0.2) is 17.7 Å². The maximum Gasteiger partial charge on any atom is 0.0995 e. The summed E-state index contributed by atoms with van der Waals surface area (Å²) in [6, 6.07) is 8.77. The van der Waals surface area contributed by atoms with Gasteiger partial charge in [0.2, 0.25) is 0 Å². The third-order valence-electron chi connectivity index (χ3n) is 3.94. The molecule has 1 atom stereocenters. The van der Waals surface area contributed by atoms with Gasteiger partial charge in [0.15, 0.2) is 0 Å². The van der Waals surface area contributed by atoms with Gasteiger partial charge >= 0.3 is 0 Å². The number of benzene rings is 1. The number of nitrogens with one attached hydrogen (secondary N) is 1. The molecule has 1 aliphatic rings. The fraction of sp³-hybridized carbons (Fsp3) is 0.625. The number of hydrogen-bond acceptors (Lipinski definition) is 2. The molecule has 0 radical (unpaired) electrons. The highest BCUT2D eigenvalue weighted by atomic mass is 16.3. The first-order valence-corrected chi connectivity index (χ1v) is 7.06. The van der Waals surface area contributed by atoms with Crippen molar-refractivity contribution in [3.05, 3.63) is 35.4 Å². The maximum absolute atomic E-state index is 10.7. The van der Waals surface area contributed by atoms with E-state index in [0.717, 1.165) is 5.56 Å². The average molecular weight is 247 g/mol. The first-order valence-electron chi connectivity index (χ1n) is 7.06. The molecule has 2 N–H and O–H groups in total. The van der Waals surface area contributed by atoms with Crippen molar-refractivity contribution in [3.8, 4) is 0 Å². The molecule has 18 heavy (non-hydrogen) atoms. The fourth-order valence-electron chi connectivity index (χ4n) is 2.56. The molecular weight excluding hydrogens is 222 g/mol. The molecular formula is C16H25NO. The maximum atomic E-state index is 10.7. The minimum atomic E-state index is -0.781. The van der Waals surface area contributed by atoms with E-state index in [1.165, 1.54) is 24.8 Å². The van der Waals surface area contributed by atoms with Crippen molar-refractivity contribution in [3.63, 3.8) is 0 Å². The normalized spacial score (nSPS) is 19.6. The monoisotopic (exact) mass is 247 g/mol. The molecule has 0 aliphatic heterocycles. The molecule has 1 saturated carbocycles. The summed E-state index contributed by atoms with van der Waals surface area (Å²) in [5.74, 6) is 0.659. The van der Waals surface area contributed by atoms with Crippen molar-refractivity contribution in [1.82, 2.24) is 5.32 Å². The smallest absolute Gasteiger partial charge is 0.0995 e. The molecule has 2 nitrogen and oxygen atoms in total. The third-order valence-corrected chi connectivity index (χ3v) is 3.94. The van der Waals surface area contributed by atoms with Crippen LogP contribution >= 0.6 is 0 Å². The Balaban J connectivity index is 2.20. The fourth-order valence-corrected chi connectivity index (χ4v) is 2.56. The number of rotatable bonds is 5. The lowest BCUT2D eigenvalue weighted by atomic mass is 9.75. The first kappa shape index (κ1) is 13.6. The van der Waals surface area contributed by atoms with Crippen molar-refractivity contribution in [2.45, 2.75) is 57.6 Å². The Morgan fingerprint density at radius 1 is 1.33 bits per heavy atom. The summed E-state index contributed by atoms with van der Waals surface area (Å²) in [7, 11) is 0. The van der Waals surface area contributed by atoms with E-state index < -0.39 is 5.60 Å². The predicted octanol–water partition coefficient (Wildman–Crippen LogP) is 3.16. The van der Waals surface area contributed by atoms with Gasteiger partial charge in [0.25, 0.3) is 0 Å². The molecule has 0 heterocycles. The lowest BCUT2D eigenvalue weighted by Gasteiger charge is -2.33. The largest absolute Gasteiger partial charge is 0.384 e. The van der Waals surface area contributed by atoms with Gasteiger partial charge in [0.1, 0.15) is 0 Å². The molecule has 0 bridgehead atoms. The van der Waals surface area contributed by atoms with E-state index >= 15 is 0 Å². The molecule has 1 aromatic rings. The van der Waals surface area contributed by atoms with Gasteiger partial charge in [-0.15, -0.1) is 0 Å². The van der Waals surface area contributed by atoms with Gasteiger partial charge in [-0.2, -0.15) is 0 Å². The summed E-state index contributed by atoms with van der Waals surface area (Å²) >= 11 is 0. The molecule has 0 aromatic heterocycles. The molecule has 100 valence electrons. The Morgan fingerprint density at radius 2 is 2.00 bits per heavy atom. The highest BCUT2D eigenvalue weighted by molar-refractivity contribution is 5.36. The molecule has 0 saturated heterocycles. The third kappa shape index (κ3) is 2.93. The van der Waals surface area contributed by atoms with Crippen molar-refractivity contribution in [2.75, 3.05) is 6.54 Å². The topological polar surface area (TPSA) is 32.3 Å². The van der Waals surface area contributed by atoms with Gasteiger partial charge in [-0.3, -0.25) is 0 Å². The Morgan fingerprint density at radius 3 is 2.56 bits per heavy atom. The second kappa shape index (κ2) is 5.41. The number of aliphatic hydroxyl groups is 1. The lowest BCUT2D eigenvalue weighted by Crippen LogP contribution is -2.39. The van der Waals surface area contributed by atoms with Gasteiger partial charge in [-0.25, -0.2) is 0 Å². The molecule has 0 amide bonds. The van der Waals surface area contributed by atoms with Gasteiger partial charge in [-0.1, -0.05) is 44.5 Å². The minimum absolute atomic E-state index is 0.396. The van der Waals surface area contributed by atoms with Crippen molar-refractivity contribution in [1.29, 1.82) is 0 Å². The van der Waals surface area contributed by atoms with Crippen LogP contribution in [0.25, 0.3) is 0 Å². The van der Waals surface area contributed by atoms with E-state index in [1.54, 1.807) is 0 Å². The van der Waals surface area contributed by atoms with Gasteiger partial charge in [0.05, 0.1) is 5.60 Å².